The van der Waals surface area contributed by atoms with Crippen LogP contribution in [0.3, 0.4) is 0 Å². The molecule has 0 atom stereocenters. The van der Waals surface area contributed by atoms with Crippen molar-refractivity contribution in [3.63, 3.8) is 0 Å². The van der Waals surface area contributed by atoms with Crippen LogP contribution in [0, 0.1) is 5.82 Å². The summed E-state index contributed by atoms with van der Waals surface area (Å²) in [6, 6.07) is 2.33. The number of carbonyl (C=O) groups is 2. The molecule has 0 bridgehead atoms. The van der Waals surface area contributed by atoms with Gasteiger partial charge in [0.2, 0.25) is 5.91 Å². The Balaban J connectivity index is 2.69. The molecule has 0 heterocycles. The summed E-state index contributed by atoms with van der Waals surface area (Å²) in [7, 11) is 0. The third-order valence-corrected chi connectivity index (χ3v) is 2.91. The molecule has 0 saturated heterocycles. The maximum atomic E-state index is 13.2. The monoisotopic (exact) mass is 345 g/mol. The lowest BCUT2D eigenvalue weighted by Gasteiger charge is -2.20. The molecule has 1 aromatic rings. The molecule has 2 amide bonds. The van der Waals surface area contributed by atoms with Crippen molar-refractivity contribution in [2.45, 2.75) is 26.3 Å². The number of benzene rings is 1. The highest BCUT2D eigenvalue weighted by atomic mass is 79.9. The quantitative estimate of drug-likeness (QED) is 0.730. The second-order valence-corrected chi connectivity index (χ2v) is 6.19. The standard InChI is InChI=1S/C13H17BrFN3O2/c1-13(2,3)18-11(19)6-17-12(20)7-4-10(16)9(15)5-8(7)14/h4-5H,6,16H2,1-3H3,(H,17,20)(H,18,19). The average molecular weight is 346 g/mol. The predicted octanol–water partition coefficient (Wildman–Crippen LogP) is 1.81. The summed E-state index contributed by atoms with van der Waals surface area (Å²) < 4.78 is 13.4. The molecule has 0 fully saturated rings. The second-order valence-electron chi connectivity index (χ2n) is 5.33. The number of rotatable bonds is 3. The van der Waals surface area contributed by atoms with Gasteiger partial charge in [-0.1, -0.05) is 0 Å². The molecule has 0 aromatic heterocycles. The smallest absolute Gasteiger partial charge is 0.252 e. The molecule has 5 nitrogen and oxygen atoms in total. The largest absolute Gasteiger partial charge is 0.396 e. The van der Waals surface area contributed by atoms with E-state index in [0.717, 1.165) is 6.07 Å². The van der Waals surface area contributed by atoms with Crippen LogP contribution in [-0.4, -0.2) is 23.9 Å². The fourth-order valence-electron chi connectivity index (χ4n) is 1.46. The maximum Gasteiger partial charge on any atom is 0.252 e. The molecule has 0 aliphatic heterocycles. The zero-order valence-corrected chi connectivity index (χ0v) is 13.1. The Hall–Kier alpha value is -1.63. The number of halogens is 2. The lowest BCUT2D eigenvalue weighted by molar-refractivity contribution is -0.121. The molecule has 0 radical (unpaired) electrons. The van der Waals surface area contributed by atoms with Crippen molar-refractivity contribution < 1.29 is 14.0 Å². The predicted molar refractivity (Wildman–Crippen MR) is 78.7 cm³/mol. The summed E-state index contributed by atoms with van der Waals surface area (Å²) in [6.45, 7) is 5.35. The van der Waals surface area contributed by atoms with Gasteiger partial charge in [0.15, 0.2) is 0 Å². The Bertz CT molecular complexity index is 541. The van der Waals surface area contributed by atoms with E-state index in [4.69, 9.17) is 5.73 Å². The van der Waals surface area contributed by atoms with Crippen LogP contribution in [0.15, 0.2) is 16.6 Å². The molecule has 0 saturated carbocycles. The maximum absolute atomic E-state index is 13.2. The molecule has 0 aliphatic carbocycles. The fourth-order valence-corrected chi connectivity index (χ4v) is 1.95. The van der Waals surface area contributed by atoms with E-state index in [9.17, 15) is 14.0 Å². The number of carbonyl (C=O) groups excluding carboxylic acids is 2. The minimum Gasteiger partial charge on any atom is -0.396 e. The fraction of sp³-hybridized carbons (Fsp3) is 0.385. The Kier molecular flexibility index (Phi) is 5.10. The van der Waals surface area contributed by atoms with Crippen molar-refractivity contribution in [3.05, 3.63) is 28.0 Å². The van der Waals surface area contributed by atoms with E-state index in [1.54, 1.807) is 0 Å². The third kappa shape index (κ3) is 4.80. The van der Waals surface area contributed by atoms with Crippen LogP contribution in [0.1, 0.15) is 31.1 Å². The Morgan fingerprint density at radius 2 is 1.95 bits per heavy atom. The lowest BCUT2D eigenvalue weighted by Crippen LogP contribution is -2.45. The van der Waals surface area contributed by atoms with Gasteiger partial charge >= 0.3 is 0 Å². The third-order valence-electron chi connectivity index (χ3n) is 2.25. The molecular weight excluding hydrogens is 329 g/mol. The Morgan fingerprint density at radius 3 is 2.50 bits per heavy atom. The first kappa shape index (κ1) is 16.4. The van der Waals surface area contributed by atoms with Crippen LogP contribution < -0.4 is 16.4 Å². The highest BCUT2D eigenvalue weighted by molar-refractivity contribution is 9.10. The van der Waals surface area contributed by atoms with Crippen molar-refractivity contribution in [1.82, 2.24) is 10.6 Å². The van der Waals surface area contributed by atoms with Crippen LogP contribution in [0.4, 0.5) is 10.1 Å². The molecule has 7 heteroatoms. The number of amides is 2. The Labute approximate surface area is 125 Å². The summed E-state index contributed by atoms with van der Waals surface area (Å²) in [6.07, 6.45) is 0. The second kappa shape index (κ2) is 6.21. The van der Waals surface area contributed by atoms with Gasteiger partial charge < -0.3 is 16.4 Å². The van der Waals surface area contributed by atoms with E-state index in [1.165, 1.54) is 6.07 Å². The summed E-state index contributed by atoms with van der Waals surface area (Å²) >= 11 is 3.08. The van der Waals surface area contributed by atoms with E-state index in [1.807, 2.05) is 20.8 Å². The molecule has 1 rings (SSSR count). The molecule has 110 valence electrons. The van der Waals surface area contributed by atoms with E-state index in [2.05, 4.69) is 26.6 Å². The van der Waals surface area contributed by atoms with Gasteiger partial charge in [0.05, 0.1) is 17.8 Å². The van der Waals surface area contributed by atoms with Crippen molar-refractivity contribution in [2.75, 3.05) is 12.3 Å². The van der Waals surface area contributed by atoms with Crippen LogP contribution in [0.2, 0.25) is 0 Å². The highest BCUT2D eigenvalue weighted by Crippen LogP contribution is 2.22. The van der Waals surface area contributed by atoms with Crippen LogP contribution >= 0.6 is 15.9 Å². The summed E-state index contributed by atoms with van der Waals surface area (Å²) in [5.74, 6) is -1.43. The van der Waals surface area contributed by atoms with Gasteiger partial charge in [0.1, 0.15) is 5.82 Å². The van der Waals surface area contributed by atoms with E-state index in [0.29, 0.717) is 0 Å². The Morgan fingerprint density at radius 1 is 1.35 bits per heavy atom. The van der Waals surface area contributed by atoms with E-state index >= 15 is 0 Å². The number of anilines is 1. The number of nitrogens with one attached hydrogen (secondary N) is 2. The van der Waals surface area contributed by atoms with Gasteiger partial charge in [-0.15, -0.1) is 0 Å². The molecule has 0 spiro atoms. The first-order valence-corrected chi connectivity index (χ1v) is 6.73. The van der Waals surface area contributed by atoms with Gasteiger partial charge in [-0.2, -0.15) is 0 Å². The van der Waals surface area contributed by atoms with Crippen LogP contribution in [0.5, 0.6) is 0 Å². The van der Waals surface area contributed by atoms with E-state index < -0.39 is 11.7 Å². The zero-order valence-electron chi connectivity index (χ0n) is 11.5. The van der Waals surface area contributed by atoms with Crippen LogP contribution in [0.25, 0.3) is 0 Å². The number of hydrogen-bond donors (Lipinski definition) is 3. The lowest BCUT2D eigenvalue weighted by atomic mass is 10.1. The highest BCUT2D eigenvalue weighted by Gasteiger charge is 2.17. The first-order valence-electron chi connectivity index (χ1n) is 5.94. The average Bonchev–Trinajstić information content (AvgIpc) is 2.28. The van der Waals surface area contributed by atoms with Crippen molar-refractivity contribution in [2.24, 2.45) is 0 Å². The number of nitrogen functional groups attached to an aromatic ring is 1. The van der Waals surface area contributed by atoms with Crippen molar-refractivity contribution in [1.29, 1.82) is 0 Å². The molecular formula is C13H17BrFN3O2. The SMILES string of the molecule is CC(C)(C)NC(=O)CNC(=O)c1cc(N)c(F)cc1Br. The normalized spacial score (nSPS) is 11.1. The number of hydrogen-bond acceptors (Lipinski definition) is 3. The van der Waals surface area contributed by atoms with Gasteiger partial charge in [-0.05, 0) is 48.8 Å². The molecule has 20 heavy (non-hydrogen) atoms. The first-order chi connectivity index (χ1) is 9.10. The molecule has 0 unspecified atom stereocenters. The summed E-state index contributed by atoms with van der Waals surface area (Å²) in [4.78, 5) is 23.5. The minimum atomic E-state index is -0.612. The minimum absolute atomic E-state index is 0.127. The van der Waals surface area contributed by atoms with Gasteiger partial charge in [0.25, 0.3) is 5.91 Å². The molecule has 1 aromatic carbocycles. The zero-order chi connectivity index (χ0) is 15.5. The van der Waals surface area contributed by atoms with Gasteiger partial charge in [0, 0.05) is 10.0 Å². The molecule has 4 N–H and O–H groups in total. The summed E-state index contributed by atoms with van der Waals surface area (Å²) in [5, 5.41) is 5.16. The number of nitrogens with two attached hydrogens (primary N) is 1. The molecule has 0 aliphatic rings. The van der Waals surface area contributed by atoms with Crippen molar-refractivity contribution in [3.8, 4) is 0 Å². The summed E-state index contributed by atoms with van der Waals surface area (Å²) in [5.41, 5.74) is 5.09. The van der Waals surface area contributed by atoms with Gasteiger partial charge in [-0.3, -0.25) is 9.59 Å². The van der Waals surface area contributed by atoms with Crippen LogP contribution in [-0.2, 0) is 4.79 Å². The van der Waals surface area contributed by atoms with E-state index in [-0.39, 0.29) is 33.7 Å². The topological polar surface area (TPSA) is 84.2 Å². The van der Waals surface area contributed by atoms with Gasteiger partial charge in [-0.25, -0.2) is 4.39 Å². The van der Waals surface area contributed by atoms with Crippen molar-refractivity contribution >= 4 is 33.4 Å².